The van der Waals surface area contributed by atoms with E-state index in [4.69, 9.17) is 14.2 Å². The van der Waals surface area contributed by atoms with E-state index in [-0.39, 0.29) is 31.1 Å². The highest BCUT2D eigenvalue weighted by molar-refractivity contribution is 5.71. The Morgan fingerprint density at radius 3 is 0.794 bits per heavy atom. The topological polar surface area (TPSA) is 78.9 Å². The monoisotopic (exact) mass is 889 g/mol. The molecular weight excluding hydrogens is 781 g/mol. The first-order chi connectivity index (χ1) is 31.0. The Morgan fingerprint density at radius 2 is 0.524 bits per heavy atom. The molecule has 6 heteroatoms. The highest BCUT2D eigenvalue weighted by Crippen LogP contribution is 2.17. The first-order valence-corrected chi connectivity index (χ1v) is 28.2. The molecule has 0 saturated carbocycles. The first kappa shape index (κ1) is 61.1. The summed E-state index contributed by atoms with van der Waals surface area (Å²) < 4.78 is 16.9. The fourth-order valence-corrected chi connectivity index (χ4v) is 8.50. The summed E-state index contributed by atoms with van der Waals surface area (Å²) in [5, 5.41) is 0. The van der Waals surface area contributed by atoms with Crippen LogP contribution in [0.4, 0.5) is 0 Å². The van der Waals surface area contributed by atoms with Crippen molar-refractivity contribution < 1.29 is 28.6 Å². The van der Waals surface area contributed by atoms with Gasteiger partial charge in [-0.2, -0.15) is 0 Å². The molecular formula is C57H108O6. The summed E-state index contributed by atoms with van der Waals surface area (Å²) in [5.41, 5.74) is 0. The summed E-state index contributed by atoms with van der Waals surface area (Å²) in [7, 11) is 0. The molecule has 0 aromatic heterocycles. The van der Waals surface area contributed by atoms with Gasteiger partial charge in [0.25, 0.3) is 0 Å². The van der Waals surface area contributed by atoms with Gasteiger partial charge >= 0.3 is 17.9 Å². The maximum Gasteiger partial charge on any atom is 0.306 e. The van der Waals surface area contributed by atoms with Crippen LogP contribution in [0.15, 0.2) is 12.2 Å². The molecule has 0 bridgehead atoms. The largest absolute Gasteiger partial charge is 0.462 e. The quantitative estimate of drug-likeness (QED) is 0.0262. The van der Waals surface area contributed by atoms with Gasteiger partial charge < -0.3 is 14.2 Å². The first-order valence-electron chi connectivity index (χ1n) is 28.2. The van der Waals surface area contributed by atoms with Crippen LogP contribution in [0.25, 0.3) is 0 Å². The van der Waals surface area contributed by atoms with Crippen molar-refractivity contribution in [2.45, 2.75) is 322 Å². The van der Waals surface area contributed by atoms with Crippen LogP contribution in [0.1, 0.15) is 316 Å². The Labute approximate surface area is 392 Å². The molecule has 0 fully saturated rings. The van der Waals surface area contributed by atoms with Crippen LogP contribution in [0.3, 0.4) is 0 Å². The minimum Gasteiger partial charge on any atom is -0.462 e. The number of ether oxygens (including phenoxy) is 3. The second-order valence-electron chi connectivity index (χ2n) is 19.2. The molecule has 372 valence electrons. The molecule has 6 nitrogen and oxygen atoms in total. The predicted molar refractivity (Wildman–Crippen MR) is 270 cm³/mol. The number of unbranched alkanes of at least 4 members (excludes halogenated alkanes) is 39. The van der Waals surface area contributed by atoms with E-state index >= 15 is 0 Å². The molecule has 0 N–H and O–H groups in total. The number of hydrogen-bond acceptors (Lipinski definition) is 6. The summed E-state index contributed by atoms with van der Waals surface area (Å²) in [5.74, 6) is -0.853. The molecule has 0 spiro atoms. The van der Waals surface area contributed by atoms with Crippen molar-refractivity contribution in [1.29, 1.82) is 0 Å². The van der Waals surface area contributed by atoms with Crippen LogP contribution in [0.2, 0.25) is 0 Å². The highest BCUT2D eigenvalue weighted by Gasteiger charge is 2.19. The highest BCUT2D eigenvalue weighted by atomic mass is 16.6. The van der Waals surface area contributed by atoms with E-state index in [1.165, 1.54) is 212 Å². The van der Waals surface area contributed by atoms with E-state index in [1.54, 1.807) is 0 Å². The number of hydrogen-bond donors (Lipinski definition) is 0. The Balaban J connectivity index is 4.32. The molecule has 0 aliphatic heterocycles. The molecule has 0 aliphatic rings. The standard InChI is InChI=1S/C57H108O6/c1-4-7-10-13-16-19-22-25-28-30-32-35-38-41-44-47-50-56(59)62-53-54(52-61-55(58)49-46-43-40-37-34-31-27-24-21-18-15-12-9-6-3)63-57(60)51-48-45-42-39-36-33-29-26-23-20-17-14-11-8-5-2/h24,27,54H,4-23,25-26,28-53H2,1-3H3/b27-24+/t54-/m1/s1. The van der Waals surface area contributed by atoms with Gasteiger partial charge in [0.15, 0.2) is 6.10 Å². The molecule has 0 aromatic rings. The van der Waals surface area contributed by atoms with Crippen LogP contribution in [-0.4, -0.2) is 37.2 Å². The molecule has 0 amide bonds. The van der Waals surface area contributed by atoms with Crippen molar-refractivity contribution in [3.8, 4) is 0 Å². The Morgan fingerprint density at radius 1 is 0.302 bits per heavy atom. The van der Waals surface area contributed by atoms with E-state index in [1.807, 2.05) is 0 Å². The van der Waals surface area contributed by atoms with Crippen LogP contribution in [-0.2, 0) is 28.6 Å². The lowest BCUT2D eigenvalue weighted by atomic mass is 10.0. The molecule has 0 aromatic carbocycles. The normalized spacial score (nSPS) is 12.0. The van der Waals surface area contributed by atoms with Crippen molar-refractivity contribution in [2.24, 2.45) is 0 Å². The lowest BCUT2D eigenvalue weighted by Crippen LogP contribution is -2.30. The zero-order chi connectivity index (χ0) is 45.8. The van der Waals surface area contributed by atoms with Gasteiger partial charge in [-0.15, -0.1) is 0 Å². The van der Waals surface area contributed by atoms with Crippen molar-refractivity contribution in [3.05, 3.63) is 12.2 Å². The number of allylic oxidation sites excluding steroid dienone is 2. The summed E-state index contributed by atoms with van der Waals surface area (Å²) in [4.78, 5) is 38.1. The van der Waals surface area contributed by atoms with Crippen molar-refractivity contribution >= 4 is 17.9 Å². The molecule has 1 atom stereocenters. The van der Waals surface area contributed by atoms with Gasteiger partial charge in [0.1, 0.15) is 13.2 Å². The Hall–Kier alpha value is -1.85. The SMILES string of the molecule is CCCCCCC/C=C/CCCCCCCC(=O)OC[C@H](COC(=O)CCCCCCCCCCCCCCCCCC)OC(=O)CCCCCCCCCCCCCCCCC. The molecule has 0 unspecified atom stereocenters. The van der Waals surface area contributed by atoms with Crippen molar-refractivity contribution in [3.63, 3.8) is 0 Å². The Kier molecular flexibility index (Phi) is 51.2. The number of carbonyl (C=O) groups excluding carboxylic acids is 3. The molecule has 0 radical (unpaired) electrons. The zero-order valence-electron chi connectivity index (χ0n) is 42.6. The average Bonchev–Trinajstić information content (AvgIpc) is 3.28. The molecule has 0 aliphatic carbocycles. The van der Waals surface area contributed by atoms with Gasteiger partial charge in [0.2, 0.25) is 0 Å². The van der Waals surface area contributed by atoms with E-state index in [0.29, 0.717) is 19.3 Å². The van der Waals surface area contributed by atoms with Crippen LogP contribution < -0.4 is 0 Å². The summed E-state index contributed by atoms with van der Waals surface area (Å²) in [6.45, 7) is 6.68. The third kappa shape index (κ3) is 51.0. The molecule has 63 heavy (non-hydrogen) atoms. The van der Waals surface area contributed by atoms with Gasteiger partial charge in [0, 0.05) is 19.3 Å². The van der Waals surface area contributed by atoms with E-state index < -0.39 is 6.10 Å². The number of esters is 3. The van der Waals surface area contributed by atoms with E-state index in [2.05, 4.69) is 32.9 Å². The van der Waals surface area contributed by atoms with Gasteiger partial charge in [-0.05, 0) is 44.9 Å². The summed E-state index contributed by atoms with van der Waals surface area (Å²) in [6, 6.07) is 0. The van der Waals surface area contributed by atoms with Gasteiger partial charge in [-0.3, -0.25) is 14.4 Å². The lowest BCUT2D eigenvalue weighted by Gasteiger charge is -2.18. The van der Waals surface area contributed by atoms with Crippen LogP contribution in [0, 0.1) is 0 Å². The maximum atomic E-state index is 12.8. The molecule has 0 heterocycles. The Bertz CT molecular complexity index is 978. The number of carbonyl (C=O) groups is 3. The second kappa shape index (κ2) is 52.8. The summed E-state index contributed by atoms with van der Waals surface area (Å²) in [6.07, 6.45) is 59.1. The predicted octanol–water partition coefficient (Wildman–Crippen LogP) is 18.5. The van der Waals surface area contributed by atoms with Gasteiger partial charge in [-0.25, -0.2) is 0 Å². The van der Waals surface area contributed by atoms with Gasteiger partial charge in [-0.1, -0.05) is 264 Å². The van der Waals surface area contributed by atoms with E-state index in [9.17, 15) is 14.4 Å². The van der Waals surface area contributed by atoms with Gasteiger partial charge in [0.05, 0.1) is 0 Å². The zero-order valence-corrected chi connectivity index (χ0v) is 42.6. The lowest BCUT2D eigenvalue weighted by molar-refractivity contribution is -0.167. The third-order valence-electron chi connectivity index (χ3n) is 12.8. The molecule has 0 rings (SSSR count). The minimum absolute atomic E-state index is 0.0666. The smallest absolute Gasteiger partial charge is 0.306 e. The minimum atomic E-state index is -0.767. The van der Waals surface area contributed by atoms with Crippen LogP contribution in [0.5, 0.6) is 0 Å². The van der Waals surface area contributed by atoms with Crippen molar-refractivity contribution in [1.82, 2.24) is 0 Å². The van der Waals surface area contributed by atoms with E-state index in [0.717, 1.165) is 64.2 Å². The average molecular weight is 889 g/mol. The van der Waals surface area contributed by atoms with Crippen molar-refractivity contribution in [2.75, 3.05) is 13.2 Å². The number of rotatable bonds is 52. The fraction of sp³-hybridized carbons (Fsp3) is 0.912. The fourth-order valence-electron chi connectivity index (χ4n) is 8.50. The third-order valence-corrected chi connectivity index (χ3v) is 12.8. The molecule has 0 saturated heterocycles. The summed E-state index contributed by atoms with van der Waals surface area (Å²) >= 11 is 0. The maximum absolute atomic E-state index is 12.8. The second-order valence-corrected chi connectivity index (χ2v) is 19.2. The van der Waals surface area contributed by atoms with Crippen LogP contribution >= 0.6 is 0 Å².